The molecule has 0 saturated carbocycles. The normalized spacial score (nSPS) is 13.7. The third-order valence-electron chi connectivity index (χ3n) is 2.66. The van der Waals surface area contributed by atoms with Gasteiger partial charge in [-0.15, -0.1) is 6.58 Å². The molecule has 1 aromatic carbocycles. The molecule has 0 bridgehead atoms. The number of benzene rings is 1. The largest absolute Gasteiger partial charge is 0.351 e. The fourth-order valence-electron chi connectivity index (χ4n) is 1.65. The maximum absolute atomic E-state index is 11.7. The van der Waals surface area contributed by atoms with Crippen molar-refractivity contribution < 1.29 is 4.79 Å². The van der Waals surface area contributed by atoms with Gasteiger partial charge in [0.15, 0.2) is 0 Å². The van der Waals surface area contributed by atoms with Crippen LogP contribution in [0.2, 0.25) is 0 Å². The zero-order valence-electron chi connectivity index (χ0n) is 10.7. The summed E-state index contributed by atoms with van der Waals surface area (Å²) in [5.74, 6) is -0.0169. The standard InChI is InChI=1S/C14H19BrN2O/c1-4-8-16-14(18)11(3)17-10(2)12-6-5-7-13(15)9-12/h4-7,9-11,17H,1,8H2,2-3H3,(H,16,18)/t10-,11?/m0/s1. The lowest BCUT2D eigenvalue weighted by atomic mass is 10.1. The molecule has 98 valence electrons. The number of hydrogen-bond donors (Lipinski definition) is 2. The molecule has 0 spiro atoms. The van der Waals surface area contributed by atoms with Crippen LogP contribution in [0, 0.1) is 0 Å². The average molecular weight is 311 g/mol. The zero-order chi connectivity index (χ0) is 13.5. The monoisotopic (exact) mass is 310 g/mol. The van der Waals surface area contributed by atoms with E-state index in [9.17, 15) is 4.79 Å². The Morgan fingerprint density at radius 2 is 2.22 bits per heavy atom. The lowest BCUT2D eigenvalue weighted by molar-refractivity contribution is -0.122. The molecular formula is C14H19BrN2O. The Bertz CT molecular complexity index is 420. The highest BCUT2D eigenvalue weighted by molar-refractivity contribution is 9.10. The summed E-state index contributed by atoms with van der Waals surface area (Å²) in [5, 5.41) is 6.04. The number of carbonyl (C=O) groups excluding carboxylic acids is 1. The summed E-state index contributed by atoms with van der Waals surface area (Å²) in [7, 11) is 0. The van der Waals surface area contributed by atoms with Crippen LogP contribution >= 0.6 is 15.9 Å². The predicted molar refractivity (Wildman–Crippen MR) is 78.4 cm³/mol. The molecule has 2 N–H and O–H groups in total. The zero-order valence-corrected chi connectivity index (χ0v) is 12.3. The van der Waals surface area contributed by atoms with Crippen molar-refractivity contribution in [2.75, 3.05) is 6.54 Å². The third kappa shape index (κ3) is 4.63. The van der Waals surface area contributed by atoms with Crippen LogP contribution in [-0.2, 0) is 4.79 Å². The molecule has 0 fully saturated rings. The van der Waals surface area contributed by atoms with Crippen LogP contribution in [0.4, 0.5) is 0 Å². The van der Waals surface area contributed by atoms with E-state index in [-0.39, 0.29) is 18.0 Å². The molecule has 1 amide bonds. The number of nitrogens with one attached hydrogen (secondary N) is 2. The van der Waals surface area contributed by atoms with Crippen LogP contribution in [0.3, 0.4) is 0 Å². The van der Waals surface area contributed by atoms with E-state index in [1.165, 1.54) is 0 Å². The Morgan fingerprint density at radius 3 is 2.83 bits per heavy atom. The summed E-state index contributed by atoms with van der Waals surface area (Å²) in [6, 6.07) is 7.94. The molecule has 1 aromatic rings. The molecule has 1 rings (SSSR count). The fourth-order valence-corrected chi connectivity index (χ4v) is 2.07. The van der Waals surface area contributed by atoms with Crippen LogP contribution < -0.4 is 10.6 Å². The van der Waals surface area contributed by atoms with E-state index in [1.54, 1.807) is 6.08 Å². The van der Waals surface area contributed by atoms with E-state index in [2.05, 4.69) is 33.1 Å². The summed E-state index contributed by atoms with van der Waals surface area (Å²) in [6.07, 6.45) is 1.67. The van der Waals surface area contributed by atoms with Gasteiger partial charge in [-0.25, -0.2) is 0 Å². The first kappa shape index (κ1) is 14.9. The number of rotatable bonds is 6. The maximum Gasteiger partial charge on any atom is 0.237 e. The van der Waals surface area contributed by atoms with Gasteiger partial charge in [0.05, 0.1) is 6.04 Å². The molecule has 2 atom stereocenters. The second-order valence-corrected chi connectivity index (χ2v) is 5.11. The van der Waals surface area contributed by atoms with Crippen molar-refractivity contribution in [2.45, 2.75) is 25.9 Å². The van der Waals surface area contributed by atoms with E-state index in [1.807, 2.05) is 38.1 Å². The molecule has 0 aromatic heterocycles. The Labute approximate surface area is 117 Å². The quantitative estimate of drug-likeness (QED) is 0.793. The Balaban J connectivity index is 2.56. The maximum atomic E-state index is 11.7. The number of carbonyl (C=O) groups is 1. The molecular weight excluding hydrogens is 292 g/mol. The second-order valence-electron chi connectivity index (χ2n) is 4.20. The lowest BCUT2D eigenvalue weighted by Crippen LogP contribution is -2.43. The Hall–Kier alpha value is -1.13. The van der Waals surface area contributed by atoms with E-state index < -0.39 is 0 Å². The minimum Gasteiger partial charge on any atom is -0.351 e. The number of amides is 1. The van der Waals surface area contributed by atoms with Gasteiger partial charge in [-0.2, -0.15) is 0 Å². The van der Waals surface area contributed by atoms with Crippen LogP contribution in [0.1, 0.15) is 25.5 Å². The minimum absolute atomic E-state index is 0.0169. The molecule has 1 unspecified atom stereocenters. The first-order chi connectivity index (χ1) is 8.54. The summed E-state index contributed by atoms with van der Waals surface area (Å²) in [6.45, 7) is 7.96. The molecule has 0 saturated heterocycles. The number of hydrogen-bond acceptors (Lipinski definition) is 2. The molecule has 0 heterocycles. The van der Waals surface area contributed by atoms with Gasteiger partial charge in [-0.1, -0.05) is 34.1 Å². The molecule has 0 radical (unpaired) electrons. The van der Waals surface area contributed by atoms with Gasteiger partial charge in [0, 0.05) is 17.1 Å². The summed E-state index contributed by atoms with van der Waals surface area (Å²) >= 11 is 3.44. The van der Waals surface area contributed by atoms with Gasteiger partial charge >= 0.3 is 0 Å². The van der Waals surface area contributed by atoms with E-state index in [0.717, 1.165) is 10.0 Å². The van der Waals surface area contributed by atoms with Gasteiger partial charge < -0.3 is 5.32 Å². The summed E-state index contributed by atoms with van der Waals surface area (Å²) < 4.78 is 1.04. The second kappa shape index (κ2) is 7.34. The van der Waals surface area contributed by atoms with Crippen molar-refractivity contribution in [3.8, 4) is 0 Å². The Kier molecular flexibility index (Phi) is 6.09. The van der Waals surface area contributed by atoms with E-state index in [4.69, 9.17) is 0 Å². The third-order valence-corrected chi connectivity index (χ3v) is 3.16. The van der Waals surface area contributed by atoms with Gasteiger partial charge in [-0.3, -0.25) is 10.1 Å². The van der Waals surface area contributed by atoms with Crippen molar-refractivity contribution >= 4 is 21.8 Å². The molecule has 4 heteroatoms. The summed E-state index contributed by atoms with van der Waals surface area (Å²) in [5.41, 5.74) is 1.15. The smallest absolute Gasteiger partial charge is 0.237 e. The minimum atomic E-state index is -0.237. The highest BCUT2D eigenvalue weighted by Crippen LogP contribution is 2.18. The SMILES string of the molecule is C=CCNC(=O)C(C)N[C@@H](C)c1cccc(Br)c1. The lowest BCUT2D eigenvalue weighted by Gasteiger charge is -2.20. The molecule has 0 aliphatic heterocycles. The van der Waals surface area contributed by atoms with E-state index in [0.29, 0.717) is 6.54 Å². The van der Waals surface area contributed by atoms with Gasteiger partial charge in [0.25, 0.3) is 0 Å². The molecule has 0 aliphatic rings. The van der Waals surface area contributed by atoms with Crippen molar-refractivity contribution in [3.63, 3.8) is 0 Å². The van der Waals surface area contributed by atoms with Gasteiger partial charge in [0.2, 0.25) is 5.91 Å². The molecule has 0 aliphatic carbocycles. The van der Waals surface area contributed by atoms with Crippen molar-refractivity contribution in [1.82, 2.24) is 10.6 Å². The first-order valence-corrected chi connectivity index (χ1v) is 6.74. The van der Waals surface area contributed by atoms with E-state index >= 15 is 0 Å². The highest BCUT2D eigenvalue weighted by Gasteiger charge is 2.15. The average Bonchev–Trinajstić information content (AvgIpc) is 2.35. The van der Waals surface area contributed by atoms with Gasteiger partial charge in [0.1, 0.15) is 0 Å². The Morgan fingerprint density at radius 1 is 1.50 bits per heavy atom. The van der Waals surface area contributed by atoms with Crippen LogP contribution in [0.25, 0.3) is 0 Å². The number of halogens is 1. The van der Waals surface area contributed by atoms with Crippen molar-refractivity contribution in [1.29, 1.82) is 0 Å². The molecule has 3 nitrogen and oxygen atoms in total. The van der Waals surface area contributed by atoms with Crippen molar-refractivity contribution in [2.24, 2.45) is 0 Å². The van der Waals surface area contributed by atoms with Gasteiger partial charge in [-0.05, 0) is 31.5 Å². The summed E-state index contributed by atoms with van der Waals surface area (Å²) in [4.78, 5) is 11.7. The van der Waals surface area contributed by atoms with Crippen LogP contribution in [0.5, 0.6) is 0 Å². The fraction of sp³-hybridized carbons (Fsp3) is 0.357. The highest BCUT2D eigenvalue weighted by atomic mass is 79.9. The van der Waals surface area contributed by atoms with Crippen LogP contribution in [0.15, 0.2) is 41.4 Å². The molecule has 18 heavy (non-hydrogen) atoms. The predicted octanol–water partition coefficient (Wildman–Crippen LogP) is 2.79. The topological polar surface area (TPSA) is 41.1 Å². The first-order valence-electron chi connectivity index (χ1n) is 5.94. The van der Waals surface area contributed by atoms with Crippen molar-refractivity contribution in [3.05, 3.63) is 47.0 Å². The van der Waals surface area contributed by atoms with Crippen LogP contribution in [-0.4, -0.2) is 18.5 Å².